The van der Waals surface area contributed by atoms with Crippen molar-refractivity contribution >= 4 is 0 Å². The first-order valence-corrected chi connectivity index (χ1v) is 10.8. The van der Waals surface area contributed by atoms with Crippen molar-refractivity contribution < 1.29 is 5.11 Å². The smallest absolute Gasteiger partial charge is 0.115 e. The van der Waals surface area contributed by atoms with Crippen molar-refractivity contribution in [1.29, 1.82) is 0 Å². The van der Waals surface area contributed by atoms with Gasteiger partial charge in [0.05, 0.1) is 0 Å². The third kappa shape index (κ3) is 2.70. The van der Waals surface area contributed by atoms with Gasteiger partial charge < -0.3 is 10.4 Å². The van der Waals surface area contributed by atoms with Crippen molar-refractivity contribution in [1.82, 2.24) is 10.2 Å². The van der Waals surface area contributed by atoms with E-state index >= 15 is 0 Å². The third-order valence-electron chi connectivity index (χ3n) is 8.25. The number of fused-ring (bicyclic) bond motifs is 1. The van der Waals surface area contributed by atoms with Crippen LogP contribution in [0.1, 0.15) is 70.4 Å². The molecule has 2 N–H and O–H groups in total. The standard InChI is InChI=1S/C23H36N2O/c1-4-18-8-9-20(26)15-21(18)23-12-6-11-22(23,3)17(2)25(16-23)14-10-19-7-5-13-24-19/h8-9,15,17,19,24,26H,4-7,10-14,16H2,1-3H3. The number of benzene rings is 1. The van der Waals surface area contributed by atoms with Crippen molar-refractivity contribution in [3.63, 3.8) is 0 Å². The van der Waals surface area contributed by atoms with Gasteiger partial charge in [0.1, 0.15) is 5.75 Å². The van der Waals surface area contributed by atoms with Crippen LogP contribution in [0.25, 0.3) is 0 Å². The fourth-order valence-electron chi connectivity index (χ4n) is 6.48. The maximum absolute atomic E-state index is 10.3. The van der Waals surface area contributed by atoms with Gasteiger partial charge in [-0.05, 0) is 87.2 Å². The summed E-state index contributed by atoms with van der Waals surface area (Å²) in [5.41, 5.74) is 3.39. The molecule has 3 nitrogen and oxygen atoms in total. The molecule has 2 saturated heterocycles. The van der Waals surface area contributed by atoms with Crippen LogP contribution < -0.4 is 5.32 Å². The first kappa shape index (κ1) is 18.3. The molecule has 4 unspecified atom stereocenters. The van der Waals surface area contributed by atoms with E-state index in [0.717, 1.165) is 19.0 Å². The number of nitrogens with zero attached hydrogens (tertiary/aromatic N) is 1. The summed E-state index contributed by atoms with van der Waals surface area (Å²) < 4.78 is 0. The maximum Gasteiger partial charge on any atom is 0.115 e. The monoisotopic (exact) mass is 356 g/mol. The van der Waals surface area contributed by atoms with Crippen molar-refractivity contribution in [2.24, 2.45) is 5.41 Å². The molecule has 4 atom stereocenters. The number of aryl methyl sites for hydroxylation is 1. The Kier molecular flexibility index (Phi) is 4.81. The Morgan fingerprint density at radius 1 is 1.27 bits per heavy atom. The molecular formula is C23H36N2O. The van der Waals surface area contributed by atoms with E-state index in [2.05, 4.69) is 43.1 Å². The zero-order chi connectivity index (χ0) is 18.4. The first-order valence-electron chi connectivity index (χ1n) is 10.8. The minimum Gasteiger partial charge on any atom is -0.508 e. The molecule has 3 aliphatic rings. The topological polar surface area (TPSA) is 35.5 Å². The van der Waals surface area contributed by atoms with Gasteiger partial charge in [-0.1, -0.05) is 26.3 Å². The summed E-state index contributed by atoms with van der Waals surface area (Å²) in [6.45, 7) is 10.8. The molecule has 0 aromatic heterocycles. The Balaban J connectivity index is 1.64. The molecule has 2 aliphatic heterocycles. The zero-order valence-corrected chi connectivity index (χ0v) is 16.9. The van der Waals surface area contributed by atoms with E-state index in [9.17, 15) is 5.11 Å². The Morgan fingerprint density at radius 2 is 2.12 bits per heavy atom. The van der Waals surface area contributed by atoms with Gasteiger partial charge in [0.15, 0.2) is 0 Å². The van der Waals surface area contributed by atoms with E-state index in [1.807, 2.05) is 6.07 Å². The average molecular weight is 357 g/mol. The van der Waals surface area contributed by atoms with Gasteiger partial charge >= 0.3 is 0 Å². The molecule has 1 aromatic carbocycles. The molecule has 144 valence electrons. The number of aromatic hydroxyl groups is 1. The second kappa shape index (κ2) is 6.83. The number of hydrogen-bond acceptors (Lipinski definition) is 3. The van der Waals surface area contributed by atoms with Gasteiger partial charge in [-0.3, -0.25) is 4.90 Å². The SMILES string of the molecule is CCc1ccc(O)cc1C12CCCC1(C)C(C)N(CCC1CCCN1)C2. The number of nitrogens with one attached hydrogen (secondary N) is 1. The quantitative estimate of drug-likeness (QED) is 0.829. The van der Waals surface area contributed by atoms with Crippen LogP contribution in [0.4, 0.5) is 0 Å². The lowest BCUT2D eigenvalue weighted by Crippen LogP contribution is -2.41. The summed E-state index contributed by atoms with van der Waals surface area (Å²) in [5, 5.41) is 13.9. The molecule has 4 rings (SSSR count). The minimum atomic E-state index is 0.208. The van der Waals surface area contributed by atoms with Crippen LogP contribution in [0, 0.1) is 5.41 Å². The molecule has 0 amide bonds. The lowest BCUT2D eigenvalue weighted by atomic mass is 9.62. The van der Waals surface area contributed by atoms with Gasteiger partial charge in [0.2, 0.25) is 0 Å². The Morgan fingerprint density at radius 3 is 2.85 bits per heavy atom. The van der Waals surface area contributed by atoms with Gasteiger partial charge in [0.25, 0.3) is 0 Å². The summed E-state index contributed by atoms with van der Waals surface area (Å²) in [4.78, 5) is 2.77. The molecule has 1 aliphatic carbocycles. The molecule has 3 fully saturated rings. The van der Waals surface area contributed by atoms with Crippen LogP contribution in [0.15, 0.2) is 18.2 Å². The fourth-order valence-corrected chi connectivity index (χ4v) is 6.48. The highest BCUT2D eigenvalue weighted by Crippen LogP contribution is 2.62. The van der Waals surface area contributed by atoms with Gasteiger partial charge in [-0.15, -0.1) is 0 Å². The Labute approximate surface area is 159 Å². The highest BCUT2D eigenvalue weighted by Gasteiger charge is 2.62. The van der Waals surface area contributed by atoms with Crippen LogP contribution >= 0.6 is 0 Å². The summed E-state index contributed by atoms with van der Waals surface area (Å²) in [6.07, 6.45) is 8.90. The number of likely N-dealkylation sites (tertiary alicyclic amines) is 1. The average Bonchev–Trinajstić information content (AvgIpc) is 3.31. The predicted molar refractivity (Wildman–Crippen MR) is 108 cm³/mol. The van der Waals surface area contributed by atoms with Crippen molar-refractivity contribution in [2.45, 2.75) is 83.2 Å². The van der Waals surface area contributed by atoms with Crippen LogP contribution in [0.3, 0.4) is 0 Å². The fraction of sp³-hybridized carbons (Fsp3) is 0.739. The summed E-state index contributed by atoms with van der Waals surface area (Å²) in [5.74, 6) is 0.432. The molecule has 26 heavy (non-hydrogen) atoms. The van der Waals surface area contributed by atoms with E-state index in [0.29, 0.717) is 17.2 Å². The van der Waals surface area contributed by atoms with E-state index in [4.69, 9.17) is 0 Å². The maximum atomic E-state index is 10.3. The Hall–Kier alpha value is -1.06. The largest absolute Gasteiger partial charge is 0.508 e. The number of phenolic OH excluding ortho intramolecular Hbond substituents is 1. The van der Waals surface area contributed by atoms with Crippen LogP contribution in [-0.4, -0.2) is 41.7 Å². The highest BCUT2D eigenvalue weighted by atomic mass is 16.3. The molecule has 0 spiro atoms. The van der Waals surface area contributed by atoms with Gasteiger partial charge in [-0.25, -0.2) is 0 Å². The third-order valence-corrected chi connectivity index (χ3v) is 8.25. The van der Waals surface area contributed by atoms with Gasteiger partial charge in [-0.2, -0.15) is 0 Å². The van der Waals surface area contributed by atoms with E-state index in [1.165, 1.54) is 62.7 Å². The minimum absolute atomic E-state index is 0.208. The van der Waals surface area contributed by atoms with E-state index in [1.54, 1.807) is 0 Å². The molecule has 0 bridgehead atoms. The molecule has 1 saturated carbocycles. The predicted octanol–water partition coefficient (Wildman–Crippen LogP) is 4.23. The second-order valence-electron chi connectivity index (χ2n) is 9.28. The number of hydrogen-bond donors (Lipinski definition) is 2. The van der Waals surface area contributed by atoms with Crippen molar-refractivity contribution in [3.8, 4) is 5.75 Å². The number of phenols is 1. The first-order chi connectivity index (χ1) is 12.5. The highest BCUT2D eigenvalue weighted by molar-refractivity contribution is 5.44. The van der Waals surface area contributed by atoms with Crippen LogP contribution in [0.2, 0.25) is 0 Å². The summed E-state index contributed by atoms with van der Waals surface area (Å²) in [6, 6.07) is 7.45. The number of rotatable bonds is 5. The lowest BCUT2D eigenvalue weighted by Gasteiger charge is -2.41. The molecule has 3 heteroatoms. The molecular weight excluding hydrogens is 320 g/mol. The van der Waals surface area contributed by atoms with Crippen molar-refractivity contribution in [2.75, 3.05) is 19.6 Å². The second-order valence-corrected chi connectivity index (χ2v) is 9.28. The van der Waals surface area contributed by atoms with Crippen LogP contribution in [-0.2, 0) is 11.8 Å². The Bertz CT molecular complexity index is 654. The molecule has 0 radical (unpaired) electrons. The van der Waals surface area contributed by atoms with E-state index < -0.39 is 0 Å². The van der Waals surface area contributed by atoms with Gasteiger partial charge in [0, 0.05) is 24.0 Å². The summed E-state index contributed by atoms with van der Waals surface area (Å²) >= 11 is 0. The normalized spacial score (nSPS) is 37.3. The van der Waals surface area contributed by atoms with Crippen LogP contribution in [0.5, 0.6) is 5.75 Å². The zero-order valence-electron chi connectivity index (χ0n) is 16.9. The summed E-state index contributed by atoms with van der Waals surface area (Å²) in [7, 11) is 0. The van der Waals surface area contributed by atoms with E-state index in [-0.39, 0.29) is 5.41 Å². The lowest BCUT2D eigenvalue weighted by molar-refractivity contribution is 0.163. The molecule has 2 heterocycles. The van der Waals surface area contributed by atoms with Crippen molar-refractivity contribution in [3.05, 3.63) is 29.3 Å². The molecule has 1 aromatic rings.